The quantitative estimate of drug-likeness (QED) is 0.888. The van der Waals surface area contributed by atoms with Crippen LogP contribution in [0.25, 0.3) is 0 Å². The van der Waals surface area contributed by atoms with E-state index >= 15 is 0 Å². The molecule has 0 saturated heterocycles. The van der Waals surface area contributed by atoms with Crippen LogP contribution in [-0.2, 0) is 4.79 Å². The molecule has 5 nitrogen and oxygen atoms in total. The number of rotatable bonds is 5. The van der Waals surface area contributed by atoms with Gasteiger partial charge >= 0.3 is 0 Å². The molecule has 0 radical (unpaired) electrons. The second kappa shape index (κ2) is 7.40. The molecule has 0 spiro atoms. The molecule has 0 fully saturated rings. The molecule has 0 unspecified atom stereocenters. The highest BCUT2D eigenvalue weighted by molar-refractivity contribution is 6.04. The Morgan fingerprint density at radius 2 is 1.65 bits per heavy atom. The molecule has 0 saturated carbocycles. The van der Waals surface area contributed by atoms with Crippen LogP contribution in [-0.4, -0.2) is 18.4 Å². The molecule has 6 heteroatoms. The highest BCUT2D eigenvalue weighted by Gasteiger charge is 2.10. The lowest BCUT2D eigenvalue weighted by atomic mass is 10.2. The summed E-state index contributed by atoms with van der Waals surface area (Å²) in [7, 11) is 0. The Hall–Kier alpha value is -2.89. The zero-order valence-corrected chi connectivity index (χ0v) is 12.9. The predicted molar refractivity (Wildman–Crippen MR) is 86.3 cm³/mol. The third-order valence-corrected chi connectivity index (χ3v) is 2.96. The van der Waals surface area contributed by atoms with Crippen molar-refractivity contribution in [2.75, 3.05) is 17.2 Å². The second-order valence-corrected chi connectivity index (χ2v) is 4.79. The smallest absolute Gasteiger partial charge is 0.255 e. The lowest BCUT2D eigenvalue weighted by molar-refractivity contribution is -0.114. The first-order valence-corrected chi connectivity index (χ1v) is 7.11. The number of hydrogen-bond acceptors (Lipinski definition) is 3. The van der Waals surface area contributed by atoms with Crippen LogP contribution in [0.5, 0.6) is 5.75 Å². The normalized spacial score (nSPS) is 10.0. The maximum absolute atomic E-state index is 13.8. The van der Waals surface area contributed by atoms with Crippen LogP contribution in [0.2, 0.25) is 0 Å². The number of benzene rings is 2. The van der Waals surface area contributed by atoms with Crippen molar-refractivity contribution in [2.45, 2.75) is 13.8 Å². The molecule has 0 aliphatic carbocycles. The molecule has 2 aromatic carbocycles. The number of anilines is 2. The summed E-state index contributed by atoms with van der Waals surface area (Å²) in [5.74, 6) is -1.07. The molecule has 0 aliphatic rings. The van der Waals surface area contributed by atoms with E-state index in [9.17, 15) is 14.0 Å². The van der Waals surface area contributed by atoms with Crippen LogP contribution in [0.15, 0.2) is 42.5 Å². The number of amides is 2. The van der Waals surface area contributed by atoms with Gasteiger partial charge in [0.05, 0.1) is 6.61 Å². The number of hydrogen-bond donors (Lipinski definition) is 2. The number of ether oxygens (including phenoxy) is 1. The van der Waals surface area contributed by atoms with Gasteiger partial charge in [-0.25, -0.2) is 4.39 Å². The summed E-state index contributed by atoms with van der Waals surface area (Å²) >= 11 is 0. The fourth-order valence-electron chi connectivity index (χ4n) is 1.96. The lowest BCUT2D eigenvalue weighted by Crippen LogP contribution is -2.12. The summed E-state index contributed by atoms with van der Waals surface area (Å²) in [6.07, 6.45) is 0. The number of nitrogens with one attached hydrogen (secondary N) is 2. The number of carbonyl (C=O) groups excluding carboxylic acids is 2. The summed E-state index contributed by atoms with van der Waals surface area (Å²) in [5, 5.41) is 5.29. The van der Waals surface area contributed by atoms with Crippen molar-refractivity contribution in [1.29, 1.82) is 0 Å². The molecule has 0 aromatic heterocycles. The van der Waals surface area contributed by atoms with E-state index in [1.54, 1.807) is 31.2 Å². The van der Waals surface area contributed by atoms with Gasteiger partial charge in [0.2, 0.25) is 5.91 Å². The highest BCUT2D eigenvalue weighted by atomic mass is 19.1. The molecule has 0 heterocycles. The maximum Gasteiger partial charge on any atom is 0.255 e. The minimum atomic E-state index is -0.583. The molecule has 0 bridgehead atoms. The Bertz CT molecular complexity index is 714. The standard InChI is InChI=1S/C17H17FN2O3/c1-3-23-16-9-4-12(10-15(16)18)17(22)20-14-7-5-13(6-8-14)19-11(2)21/h4-10H,3H2,1-2H3,(H,19,21)(H,20,22). The first-order chi connectivity index (χ1) is 11.0. The van der Waals surface area contributed by atoms with Crippen LogP contribution in [0.4, 0.5) is 15.8 Å². The fraction of sp³-hybridized carbons (Fsp3) is 0.176. The monoisotopic (exact) mass is 316 g/mol. The zero-order valence-electron chi connectivity index (χ0n) is 12.9. The Balaban J connectivity index is 2.06. The van der Waals surface area contributed by atoms with Gasteiger partial charge in [0, 0.05) is 23.9 Å². The van der Waals surface area contributed by atoms with E-state index in [0.717, 1.165) is 6.07 Å². The highest BCUT2D eigenvalue weighted by Crippen LogP contribution is 2.20. The van der Waals surface area contributed by atoms with Gasteiger partial charge in [0.1, 0.15) is 0 Å². The fourth-order valence-corrected chi connectivity index (χ4v) is 1.96. The van der Waals surface area contributed by atoms with E-state index in [1.807, 2.05) is 0 Å². The van der Waals surface area contributed by atoms with Gasteiger partial charge in [0.15, 0.2) is 11.6 Å². The first kappa shape index (κ1) is 16.5. The molecule has 2 N–H and O–H groups in total. The third-order valence-electron chi connectivity index (χ3n) is 2.96. The van der Waals surface area contributed by atoms with Crippen molar-refractivity contribution in [1.82, 2.24) is 0 Å². The molecule has 120 valence electrons. The van der Waals surface area contributed by atoms with Crippen molar-refractivity contribution in [3.63, 3.8) is 0 Å². The van der Waals surface area contributed by atoms with Gasteiger partial charge in [-0.15, -0.1) is 0 Å². The molecular weight excluding hydrogens is 299 g/mol. The summed E-state index contributed by atoms with van der Waals surface area (Å²) in [4.78, 5) is 23.1. The van der Waals surface area contributed by atoms with Crippen LogP contribution >= 0.6 is 0 Å². The van der Waals surface area contributed by atoms with Gasteiger partial charge in [0.25, 0.3) is 5.91 Å². The Labute approximate surface area is 133 Å². The van der Waals surface area contributed by atoms with Gasteiger partial charge in [-0.3, -0.25) is 9.59 Å². The largest absolute Gasteiger partial charge is 0.491 e. The third kappa shape index (κ3) is 4.54. The van der Waals surface area contributed by atoms with Crippen molar-refractivity contribution in [3.8, 4) is 5.75 Å². The zero-order chi connectivity index (χ0) is 16.8. The molecule has 2 rings (SSSR count). The molecular formula is C17H17FN2O3. The van der Waals surface area contributed by atoms with E-state index in [2.05, 4.69) is 10.6 Å². The van der Waals surface area contributed by atoms with E-state index in [0.29, 0.717) is 18.0 Å². The van der Waals surface area contributed by atoms with Crippen LogP contribution < -0.4 is 15.4 Å². The number of carbonyl (C=O) groups is 2. The minimum Gasteiger partial charge on any atom is -0.491 e. The summed E-state index contributed by atoms with van der Waals surface area (Å²) in [5.41, 5.74) is 1.36. The average molecular weight is 316 g/mol. The molecule has 23 heavy (non-hydrogen) atoms. The van der Waals surface area contributed by atoms with Crippen molar-refractivity contribution in [3.05, 3.63) is 53.8 Å². The molecule has 2 aromatic rings. The SMILES string of the molecule is CCOc1ccc(C(=O)Nc2ccc(NC(C)=O)cc2)cc1F. The van der Waals surface area contributed by atoms with Crippen molar-refractivity contribution >= 4 is 23.2 Å². The summed E-state index contributed by atoms with van der Waals surface area (Å²) < 4.78 is 18.9. The Kier molecular flexibility index (Phi) is 5.30. The lowest BCUT2D eigenvalue weighted by Gasteiger charge is -2.09. The van der Waals surface area contributed by atoms with E-state index in [4.69, 9.17) is 4.74 Å². The van der Waals surface area contributed by atoms with Crippen LogP contribution in [0.1, 0.15) is 24.2 Å². The summed E-state index contributed by atoms with van der Waals surface area (Å²) in [6.45, 7) is 3.52. The van der Waals surface area contributed by atoms with Gasteiger partial charge in [-0.1, -0.05) is 0 Å². The van der Waals surface area contributed by atoms with E-state index in [-0.39, 0.29) is 17.2 Å². The molecule has 2 amide bonds. The maximum atomic E-state index is 13.8. The Morgan fingerprint density at radius 1 is 1.04 bits per heavy atom. The average Bonchev–Trinajstić information content (AvgIpc) is 2.51. The predicted octanol–water partition coefficient (Wildman–Crippen LogP) is 3.44. The van der Waals surface area contributed by atoms with Crippen LogP contribution in [0.3, 0.4) is 0 Å². The van der Waals surface area contributed by atoms with Gasteiger partial charge < -0.3 is 15.4 Å². The van der Waals surface area contributed by atoms with Crippen LogP contribution in [0, 0.1) is 5.82 Å². The minimum absolute atomic E-state index is 0.115. The second-order valence-electron chi connectivity index (χ2n) is 4.79. The van der Waals surface area contributed by atoms with Gasteiger partial charge in [-0.05, 0) is 49.4 Å². The van der Waals surface area contributed by atoms with Crippen molar-refractivity contribution in [2.24, 2.45) is 0 Å². The topological polar surface area (TPSA) is 67.4 Å². The van der Waals surface area contributed by atoms with Gasteiger partial charge in [-0.2, -0.15) is 0 Å². The van der Waals surface area contributed by atoms with E-state index < -0.39 is 11.7 Å². The summed E-state index contributed by atoms with van der Waals surface area (Å²) in [6, 6.07) is 10.7. The van der Waals surface area contributed by atoms with Crippen molar-refractivity contribution < 1.29 is 18.7 Å². The number of halogens is 1. The Morgan fingerprint density at radius 3 is 2.17 bits per heavy atom. The first-order valence-electron chi connectivity index (χ1n) is 7.11. The molecule has 0 aliphatic heterocycles. The molecule has 0 atom stereocenters. The van der Waals surface area contributed by atoms with E-state index in [1.165, 1.54) is 19.1 Å².